The van der Waals surface area contributed by atoms with Crippen LogP contribution in [-0.4, -0.2) is 48.9 Å². The number of anilines is 1. The number of halogens is 1. The van der Waals surface area contributed by atoms with Crippen molar-refractivity contribution in [2.75, 3.05) is 31.6 Å². The quantitative estimate of drug-likeness (QED) is 0.562. The summed E-state index contributed by atoms with van der Waals surface area (Å²) >= 11 is 0. The summed E-state index contributed by atoms with van der Waals surface area (Å²) in [4.78, 5) is 37.9. The number of hydrogen-bond acceptors (Lipinski definition) is 4. The third kappa shape index (κ3) is 5.87. The van der Waals surface area contributed by atoms with Gasteiger partial charge in [0.15, 0.2) is 0 Å². The van der Waals surface area contributed by atoms with Crippen LogP contribution in [0.5, 0.6) is 0 Å². The minimum Gasteiger partial charge on any atom is -0.370 e. The highest BCUT2D eigenvalue weighted by Crippen LogP contribution is 2.22. The van der Waals surface area contributed by atoms with E-state index in [-0.39, 0.29) is 30.7 Å². The van der Waals surface area contributed by atoms with Crippen molar-refractivity contribution in [2.24, 2.45) is 0 Å². The van der Waals surface area contributed by atoms with E-state index in [2.05, 4.69) is 10.6 Å². The molecule has 30 heavy (non-hydrogen) atoms. The topological polar surface area (TPSA) is 87.7 Å². The van der Waals surface area contributed by atoms with Crippen LogP contribution in [0.1, 0.15) is 24.5 Å². The van der Waals surface area contributed by atoms with Crippen molar-refractivity contribution < 1.29 is 23.5 Å². The lowest BCUT2D eigenvalue weighted by molar-refractivity contribution is -0.139. The Morgan fingerprint density at radius 2 is 1.77 bits per heavy atom. The third-order valence-electron chi connectivity index (χ3n) is 4.77. The van der Waals surface area contributed by atoms with Crippen LogP contribution < -0.4 is 10.6 Å². The zero-order valence-corrected chi connectivity index (χ0v) is 16.5. The Hall–Kier alpha value is -3.26. The second-order valence-corrected chi connectivity index (χ2v) is 6.90. The van der Waals surface area contributed by atoms with E-state index in [4.69, 9.17) is 4.74 Å². The molecule has 3 amide bonds. The van der Waals surface area contributed by atoms with Crippen molar-refractivity contribution in [2.45, 2.75) is 18.9 Å². The summed E-state index contributed by atoms with van der Waals surface area (Å²) in [5.74, 6) is -2.47. The molecule has 1 heterocycles. The molecule has 0 spiro atoms. The molecule has 3 rings (SSSR count). The number of carbonyl (C=O) groups excluding carboxylic acids is 3. The maximum Gasteiger partial charge on any atom is 0.313 e. The highest BCUT2D eigenvalue weighted by Gasteiger charge is 2.25. The van der Waals surface area contributed by atoms with Gasteiger partial charge in [-0.3, -0.25) is 14.4 Å². The molecule has 0 saturated carbocycles. The molecule has 0 aliphatic carbocycles. The highest BCUT2D eigenvalue weighted by molar-refractivity contribution is 6.39. The summed E-state index contributed by atoms with van der Waals surface area (Å²) in [6, 6.07) is 15.3. The SMILES string of the molecule is O=C(NCCCC(=O)N1CCOC(c2ccccc2)C1)C(=O)Nc1ccccc1F. The fourth-order valence-corrected chi connectivity index (χ4v) is 3.17. The van der Waals surface area contributed by atoms with Gasteiger partial charge in [-0.2, -0.15) is 0 Å². The van der Waals surface area contributed by atoms with Crippen LogP contribution in [0.25, 0.3) is 0 Å². The average Bonchev–Trinajstić information content (AvgIpc) is 2.78. The molecular formula is C22H24FN3O4. The standard InChI is InChI=1S/C22H24FN3O4/c23-17-9-4-5-10-18(17)25-22(29)21(28)24-12-6-11-20(27)26-13-14-30-19(15-26)16-7-2-1-3-8-16/h1-5,7-10,19H,6,11-15H2,(H,24,28)(H,25,29). The first-order valence-corrected chi connectivity index (χ1v) is 9.82. The van der Waals surface area contributed by atoms with E-state index in [1.807, 2.05) is 30.3 Å². The first kappa shape index (κ1) is 21.4. The van der Waals surface area contributed by atoms with Crippen LogP contribution in [0.3, 0.4) is 0 Å². The van der Waals surface area contributed by atoms with Gasteiger partial charge in [-0.15, -0.1) is 0 Å². The number of nitrogens with zero attached hydrogens (tertiary/aromatic N) is 1. The fraction of sp³-hybridized carbons (Fsp3) is 0.318. The van der Waals surface area contributed by atoms with Crippen LogP contribution in [0.2, 0.25) is 0 Å². The van der Waals surface area contributed by atoms with Crippen molar-refractivity contribution in [1.82, 2.24) is 10.2 Å². The van der Waals surface area contributed by atoms with Crippen molar-refractivity contribution in [1.29, 1.82) is 0 Å². The van der Waals surface area contributed by atoms with E-state index in [0.717, 1.165) is 5.56 Å². The molecule has 8 heteroatoms. The van der Waals surface area contributed by atoms with E-state index in [1.165, 1.54) is 18.2 Å². The summed E-state index contributed by atoms with van der Waals surface area (Å²) in [6.07, 6.45) is 0.493. The second-order valence-electron chi connectivity index (χ2n) is 6.90. The van der Waals surface area contributed by atoms with Gasteiger partial charge in [-0.05, 0) is 24.1 Å². The van der Waals surface area contributed by atoms with Crippen LogP contribution in [0.15, 0.2) is 54.6 Å². The molecule has 2 aromatic carbocycles. The van der Waals surface area contributed by atoms with Crippen molar-refractivity contribution in [3.05, 3.63) is 66.0 Å². The summed E-state index contributed by atoms with van der Waals surface area (Å²) < 4.78 is 19.3. The number of morpholine rings is 1. The van der Waals surface area contributed by atoms with Gasteiger partial charge in [-0.1, -0.05) is 42.5 Å². The van der Waals surface area contributed by atoms with E-state index >= 15 is 0 Å². The van der Waals surface area contributed by atoms with Crippen LogP contribution in [-0.2, 0) is 19.1 Å². The lowest BCUT2D eigenvalue weighted by Gasteiger charge is -2.33. The summed E-state index contributed by atoms with van der Waals surface area (Å²) in [6.45, 7) is 1.65. The van der Waals surface area contributed by atoms with Crippen molar-refractivity contribution in [3.63, 3.8) is 0 Å². The van der Waals surface area contributed by atoms with E-state index in [9.17, 15) is 18.8 Å². The van der Waals surface area contributed by atoms with E-state index in [1.54, 1.807) is 11.0 Å². The fourth-order valence-electron chi connectivity index (χ4n) is 3.17. The zero-order valence-electron chi connectivity index (χ0n) is 16.5. The minimum absolute atomic E-state index is 0.0238. The normalized spacial score (nSPS) is 16.0. The van der Waals surface area contributed by atoms with E-state index in [0.29, 0.717) is 26.1 Å². The molecule has 2 N–H and O–H groups in total. The number of nitrogens with one attached hydrogen (secondary N) is 2. The Bertz CT molecular complexity index is 891. The first-order valence-electron chi connectivity index (χ1n) is 9.82. The molecular weight excluding hydrogens is 389 g/mol. The Balaban J connectivity index is 1.38. The van der Waals surface area contributed by atoms with Crippen molar-refractivity contribution in [3.8, 4) is 0 Å². The number of carbonyl (C=O) groups is 3. The van der Waals surface area contributed by atoms with Gasteiger partial charge in [0, 0.05) is 19.5 Å². The summed E-state index contributed by atoms with van der Waals surface area (Å²) in [7, 11) is 0. The third-order valence-corrected chi connectivity index (χ3v) is 4.77. The molecule has 1 saturated heterocycles. The number of para-hydroxylation sites is 1. The monoisotopic (exact) mass is 413 g/mol. The number of benzene rings is 2. The molecule has 1 fully saturated rings. The Morgan fingerprint density at radius 1 is 1.03 bits per heavy atom. The molecule has 1 aliphatic heterocycles. The van der Waals surface area contributed by atoms with Gasteiger partial charge < -0.3 is 20.3 Å². The number of ether oxygens (including phenoxy) is 1. The van der Waals surface area contributed by atoms with Crippen LogP contribution in [0, 0.1) is 5.82 Å². The van der Waals surface area contributed by atoms with Crippen molar-refractivity contribution >= 4 is 23.4 Å². The molecule has 1 unspecified atom stereocenters. The number of hydrogen-bond donors (Lipinski definition) is 2. The molecule has 0 aromatic heterocycles. The molecule has 158 valence electrons. The number of amides is 3. The van der Waals surface area contributed by atoms with Gasteiger partial charge in [0.25, 0.3) is 0 Å². The molecule has 7 nitrogen and oxygen atoms in total. The molecule has 1 aliphatic rings. The molecule has 0 bridgehead atoms. The average molecular weight is 413 g/mol. The highest BCUT2D eigenvalue weighted by atomic mass is 19.1. The van der Waals surface area contributed by atoms with E-state index < -0.39 is 17.6 Å². The molecule has 1 atom stereocenters. The predicted octanol–water partition coefficient (Wildman–Crippen LogP) is 2.26. The van der Waals surface area contributed by atoms with Gasteiger partial charge in [0.05, 0.1) is 18.8 Å². The van der Waals surface area contributed by atoms with Crippen LogP contribution >= 0.6 is 0 Å². The molecule has 2 aromatic rings. The van der Waals surface area contributed by atoms with Gasteiger partial charge >= 0.3 is 11.8 Å². The smallest absolute Gasteiger partial charge is 0.313 e. The van der Waals surface area contributed by atoms with Gasteiger partial charge in [0.2, 0.25) is 5.91 Å². The maximum atomic E-state index is 13.5. The lowest BCUT2D eigenvalue weighted by atomic mass is 10.1. The predicted molar refractivity (Wildman–Crippen MR) is 109 cm³/mol. The number of rotatable bonds is 6. The summed E-state index contributed by atoms with van der Waals surface area (Å²) in [5.41, 5.74) is 0.969. The largest absolute Gasteiger partial charge is 0.370 e. The Kier molecular flexibility index (Phi) is 7.51. The summed E-state index contributed by atoms with van der Waals surface area (Å²) in [5, 5.41) is 4.66. The Labute approximate surface area is 174 Å². The van der Waals surface area contributed by atoms with Crippen LogP contribution in [0.4, 0.5) is 10.1 Å². The van der Waals surface area contributed by atoms with Gasteiger partial charge in [0.1, 0.15) is 11.9 Å². The van der Waals surface area contributed by atoms with Gasteiger partial charge in [-0.25, -0.2) is 4.39 Å². The second kappa shape index (κ2) is 10.5. The maximum absolute atomic E-state index is 13.5. The minimum atomic E-state index is -0.953. The Morgan fingerprint density at radius 3 is 2.53 bits per heavy atom. The zero-order chi connectivity index (χ0) is 21.3. The first-order chi connectivity index (χ1) is 14.5. The molecule has 0 radical (unpaired) electrons. The lowest BCUT2D eigenvalue weighted by Crippen LogP contribution is -2.42.